The lowest BCUT2D eigenvalue weighted by molar-refractivity contribution is 0.0563. The maximum atomic E-state index is 10.8. The van der Waals surface area contributed by atoms with E-state index >= 15 is 0 Å². The van der Waals surface area contributed by atoms with Gasteiger partial charge in [0.2, 0.25) is 5.76 Å². The minimum Gasteiger partial charge on any atom is -0.463 e. The molecular formula is C7H8O3S. The van der Waals surface area contributed by atoms with Crippen LogP contribution < -0.4 is 0 Å². The summed E-state index contributed by atoms with van der Waals surface area (Å²) in [5.41, 5.74) is 0. The topological polar surface area (TPSA) is 39.4 Å². The molecule has 11 heavy (non-hydrogen) atoms. The van der Waals surface area contributed by atoms with Crippen molar-refractivity contribution in [2.75, 3.05) is 7.11 Å². The van der Waals surface area contributed by atoms with Crippen LogP contribution in [0.15, 0.2) is 16.5 Å². The van der Waals surface area contributed by atoms with Crippen molar-refractivity contribution < 1.29 is 13.9 Å². The normalized spacial score (nSPS) is 9.64. The van der Waals surface area contributed by atoms with Crippen molar-refractivity contribution in [3.8, 4) is 0 Å². The van der Waals surface area contributed by atoms with Gasteiger partial charge in [0.05, 0.1) is 7.11 Å². The van der Waals surface area contributed by atoms with E-state index in [1.54, 1.807) is 12.1 Å². The van der Waals surface area contributed by atoms with Gasteiger partial charge in [0.15, 0.2) is 0 Å². The highest BCUT2D eigenvalue weighted by molar-refractivity contribution is 7.79. The molecule has 0 aliphatic rings. The molecule has 0 saturated carbocycles. The Morgan fingerprint density at radius 1 is 1.73 bits per heavy atom. The van der Waals surface area contributed by atoms with Gasteiger partial charge in [-0.1, -0.05) is 0 Å². The fraction of sp³-hybridized carbons (Fsp3) is 0.286. The lowest BCUT2D eigenvalue weighted by Crippen LogP contribution is -1.98. The van der Waals surface area contributed by atoms with Crippen LogP contribution in [0.3, 0.4) is 0 Å². The number of carbonyl (C=O) groups excluding carboxylic acids is 1. The van der Waals surface area contributed by atoms with Gasteiger partial charge < -0.3 is 9.15 Å². The van der Waals surface area contributed by atoms with Gasteiger partial charge in [-0.05, 0) is 12.1 Å². The Morgan fingerprint density at radius 2 is 2.45 bits per heavy atom. The number of ether oxygens (including phenoxy) is 1. The molecule has 0 atom stereocenters. The predicted octanol–water partition coefficient (Wildman–Crippen LogP) is 1.50. The summed E-state index contributed by atoms with van der Waals surface area (Å²) in [6.45, 7) is 0. The van der Waals surface area contributed by atoms with Gasteiger partial charge in [-0.25, -0.2) is 4.79 Å². The molecule has 0 spiro atoms. The number of methoxy groups -OCH3 is 1. The quantitative estimate of drug-likeness (QED) is 0.542. The summed E-state index contributed by atoms with van der Waals surface area (Å²) in [7, 11) is 1.31. The fourth-order valence-corrected chi connectivity index (χ4v) is 0.843. The van der Waals surface area contributed by atoms with E-state index < -0.39 is 5.97 Å². The second-order valence-electron chi connectivity index (χ2n) is 1.92. The summed E-state index contributed by atoms with van der Waals surface area (Å²) in [5.74, 6) is 0.903. The van der Waals surface area contributed by atoms with Gasteiger partial charge in [0.1, 0.15) is 5.76 Å². The number of hydrogen-bond acceptors (Lipinski definition) is 4. The second kappa shape index (κ2) is 3.48. The molecule has 0 aliphatic heterocycles. The number of rotatable bonds is 2. The minimum absolute atomic E-state index is 0.219. The monoisotopic (exact) mass is 172 g/mol. The molecule has 0 bridgehead atoms. The standard InChI is InChI=1S/C7H8O3S/c1-9-7(8)6-3-2-5(4-11)10-6/h2-3,11H,4H2,1H3. The van der Waals surface area contributed by atoms with Crippen molar-refractivity contribution >= 4 is 18.6 Å². The van der Waals surface area contributed by atoms with Crippen LogP contribution in [0.5, 0.6) is 0 Å². The van der Waals surface area contributed by atoms with E-state index in [-0.39, 0.29) is 5.76 Å². The van der Waals surface area contributed by atoms with E-state index in [0.717, 1.165) is 0 Å². The number of carbonyl (C=O) groups is 1. The molecule has 0 amide bonds. The van der Waals surface area contributed by atoms with Gasteiger partial charge >= 0.3 is 5.97 Å². The molecule has 0 saturated heterocycles. The minimum atomic E-state index is -0.460. The SMILES string of the molecule is COC(=O)c1ccc(CS)o1. The Labute approximate surface area is 69.8 Å². The molecule has 0 N–H and O–H groups in total. The maximum Gasteiger partial charge on any atom is 0.373 e. The van der Waals surface area contributed by atoms with E-state index in [0.29, 0.717) is 11.5 Å². The lowest BCUT2D eigenvalue weighted by Gasteiger charge is -1.91. The lowest BCUT2D eigenvalue weighted by atomic mass is 10.4. The van der Waals surface area contributed by atoms with Gasteiger partial charge in [0, 0.05) is 5.75 Å². The van der Waals surface area contributed by atoms with Gasteiger partial charge in [-0.2, -0.15) is 12.6 Å². The Balaban J connectivity index is 2.80. The number of furan rings is 1. The third-order valence-corrected chi connectivity index (χ3v) is 1.52. The zero-order valence-corrected chi connectivity index (χ0v) is 6.93. The van der Waals surface area contributed by atoms with Gasteiger partial charge in [0.25, 0.3) is 0 Å². The number of thiol groups is 1. The first-order valence-corrected chi connectivity index (χ1v) is 3.69. The number of esters is 1. The molecule has 3 nitrogen and oxygen atoms in total. The average molecular weight is 172 g/mol. The molecule has 60 valence electrons. The van der Waals surface area contributed by atoms with Crippen molar-refractivity contribution in [1.29, 1.82) is 0 Å². The highest BCUT2D eigenvalue weighted by Crippen LogP contribution is 2.10. The molecule has 0 radical (unpaired) electrons. The smallest absolute Gasteiger partial charge is 0.373 e. The van der Waals surface area contributed by atoms with Crippen molar-refractivity contribution in [1.82, 2.24) is 0 Å². The van der Waals surface area contributed by atoms with Crippen LogP contribution in [0.2, 0.25) is 0 Å². The Kier molecular flexibility index (Phi) is 2.59. The van der Waals surface area contributed by atoms with Gasteiger partial charge in [-0.15, -0.1) is 0 Å². The van der Waals surface area contributed by atoms with Crippen LogP contribution in [-0.2, 0) is 10.5 Å². The summed E-state index contributed by atoms with van der Waals surface area (Å²) in [6.07, 6.45) is 0. The van der Waals surface area contributed by atoms with E-state index in [1.165, 1.54) is 7.11 Å². The molecule has 1 aromatic rings. The maximum absolute atomic E-state index is 10.8. The Hall–Kier alpha value is -0.900. The van der Waals surface area contributed by atoms with Crippen molar-refractivity contribution in [2.45, 2.75) is 5.75 Å². The highest BCUT2D eigenvalue weighted by atomic mass is 32.1. The van der Waals surface area contributed by atoms with Crippen LogP contribution in [0.1, 0.15) is 16.3 Å². The molecule has 4 heteroatoms. The fourth-order valence-electron chi connectivity index (χ4n) is 0.673. The van der Waals surface area contributed by atoms with Crippen LogP contribution in [0.4, 0.5) is 0 Å². The summed E-state index contributed by atoms with van der Waals surface area (Å²) in [6, 6.07) is 3.26. The molecular weight excluding hydrogens is 164 g/mol. The molecule has 1 rings (SSSR count). The molecule has 0 unspecified atom stereocenters. The second-order valence-corrected chi connectivity index (χ2v) is 2.23. The summed E-state index contributed by atoms with van der Waals surface area (Å²) in [4.78, 5) is 10.8. The Bertz CT molecular complexity index is 254. The van der Waals surface area contributed by atoms with Crippen LogP contribution in [0.25, 0.3) is 0 Å². The first-order chi connectivity index (χ1) is 5.27. The van der Waals surface area contributed by atoms with Crippen LogP contribution >= 0.6 is 12.6 Å². The Morgan fingerprint density at radius 3 is 2.91 bits per heavy atom. The molecule has 1 aromatic heterocycles. The molecule has 0 aromatic carbocycles. The summed E-state index contributed by atoms with van der Waals surface area (Å²) in [5, 5.41) is 0. The van der Waals surface area contributed by atoms with Crippen molar-refractivity contribution in [3.05, 3.63) is 23.7 Å². The zero-order valence-electron chi connectivity index (χ0n) is 6.03. The van der Waals surface area contributed by atoms with E-state index in [9.17, 15) is 4.79 Å². The summed E-state index contributed by atoms with van der Waals surface area (Å²) >= 11 is 3.98. The highest BCUT2D eigenvalue weighted by Gasteiger charge is 2.09. The third-order valence-electron chi connectivity index (χ3n) is 1.20. The first kappa shape index (κ1) is 8.20. The zero-order chi connectivity index (χ0) is 8.27. The molecule has 0 fully saturated rings. The van der Waals surface area contributed by atoms with Crippen molar-refractivity contribution in [3.63, 3.8) is 0 Å². The molecule has 1 heterocycles. The predicted molar refractivity (Wildman–Crippen MR) is 42.7 cm³/mol. The average Bonchev–Trinajstić information content (AvgIpc) is 2.50. The van der Waals surface area contributed by atoms with E-state index in [2.05, 4.69) is 17.4 Å². The van der Waals surface area contributed by atoms with Crippen LogP contribution in [0, 0.1) is 0 Å². The van der Waals surface area contributed by atoms with Crippen molar-refractivity contribution in [2.24, 2.45) is 0 Å². The van der Waals surface area contributed by atoms with E-state index in [1.807, 2.05) is 0 Å². The largest absolute Gasteiger partial charge is 0.463 e. The van der Waals surface area contributed by atoms with Crippen LogP contribution in [-0.4, -0.2) is 13.1 Å². The summed E-state index contributed by atoms with van der Waals surface area (Å²) < 4.78 is 9.47. The van der Waals surface area contributed by atoms with E-state index in [4.69, 9.17) is 4.42 Å². The van der Waals surface area contributed by atoms with Gasteiger partial charge in [-0.3, -0.25) is 0 Å². The number of hydrogen-bond donors (Lipinski definition) is 1. The first-order valence-electron chi connectivity index (χ1n) is 3.06. The third kappa shape index (κ3) is 1.77. The molecule has 0 aliphatic carbocycles.